The van der Waals surface area contributed by atoms with Gasteiger partial charge in [0.1, 0.15) is 17.3 Å². The van der Waals surface area contributed by atoms with Crippen molar-refractivity contribution in [3.63, 3.8) is 0 Å². The Morgan fingerprint density at radius 1 is 0.892 bits per heavy atom. The van der Waals surface area contributed by atoms with Crippen LogP contribution in [0.5, 0.6) is 11.5 Å². The van der Waals surface area contributed by atoms with Crippen molar-refractivity contribution in [2.24, 2.45) is 5.10 Å². The Bertz CT molecular complexity index is 1250. The normalized spacial score (nSPS) is 18.0. The number of para-hydroxylation sites is 1. The van der Waals surface area contributed by atoms with Crippen LogP contribution in [0, 0.1) is 5.82 Å². The molecule has 1 fully saturated rings. The highest BCUT2D eigenvalue weighted by Crippen LogP contribution is 2.34. The Morgan fingerprint density at radius 3 is 2.14 bits per heavy atom. The molecule has 3 aromatic carbocycles. The van der Waals surface area contributed by atoms with Gasteiger partial charge in [0.15, 0.2) is 0 Å². The summed E-state index contributed by atoms with van der Waals surface area (Å²) in [5, 5.41) is 6.43. The molecule has 0 N–H and O–H groups in total. The second-order valence-corrected chi connectivity index (χ2v) is 9.22. The molecule has 192 valence electrons. The molecule has 5 rings (SSSR count). The maximum Gasteiger partial charge on any atom is 0.257 e. The van der Waals surface area contributed by atoms with Crippen LogP contribution < -0.4 is 14.4 Å². The maximum atomic E-state index is 14.2. The lowest BCUT2D eigenvalue weighted by Crippen LogP contribution is -2.49. The van der Waals surface area contributed by atoms with E-state index in [-0.39, 0.29) is 24.3 Å². The van der Waals surface area contributed by atoms with E-state index in [2.05, 4.69) is 4.90 Å². The highest BCUT2D eigenvalue weighted by atomic mass is 19.1. The van der Waals surface area contributed by atoms with Gasteiger partial charge in [0.25, 0.3) is 5.91 Å². The summed E-state index contributed by atoms with van der Waals surface area (Å²) in [6.07, 6.45) is 0.617. The molecular weight excluding hydrogens is 471 g/mol. The number of carbonyl (C=O) groups is 1. The number of carbonyl (C=O) groups excluding carboxylic acids is 1. The predicted molar refractivity (Wildman–Crippen MR) is 142 cm³/mol. The van der Waals surface area contributed by atoms with Crippen molar-refractivity contribution in [2.75, 3.05) is 51.8 Å². The quantitative estimate of drug-likeness (QED) is 0.481. The van der Waals surface area contributed by atoms with Crippen LogP contribution in [0.25, 0.3) is 0 Å². The lowest BCUT2D eigenvalue weighted by molar-refractivity contribution is -0.134. The second-order valence-electron chi connectivity index (χ2n) is 9.22. The third-order valence-electron chi connectivity index (χ3n) is 7.01. The van der Waals surface area contributed by atoms with Gasteiger partial charge in [-0.2, -0.15) is 5.10 Å². The second kappa shape index (κ2) is 11.0. The van der Waals surface area contributed by atoms with E-state index in [4.69, 9.17) is 14.6 Å². The first-order valence-corrected chi connectivity index (χ1v) is 12.5. The molecule has 1 amide bonds. The van der Waals surface area contributed by atoms with Crippen LogP contribution in [0.4, 0.5) is 10.1 Å². The summed E-state index contributed by atoms with van der Waals surface area (Å²) in [4.78, 5) is 17.7. The number of ether oxygens (including phenoxy) is 2. The number of hydrogen-bond acceptors (Lipinski definition) is 6. The van der Waals surface area contributed by atoms with Crippen LogP contribution in [0.1, 0.15) is 23.6 Å². The van der Waals surface area contributed by atoms with E-state index in [1.165, 1.54) is 6.07 Å². The molecule has 37 heavy (non-hydrogen) atoms. The number of rotatable bonds is 7. The molecule has 0 radical (unpaired) electrons. The van der Waals surface area contributed by atoms with Gasteiger partial charge in [-0.25, -0.2) is 9.40 Å². The molecule has 2 heterocycles. The van der Waals surface area contributed by atoms with Gasteiger partial charge in [-0.1, -0.05) is 24.3 Å². The van der Waals surface area contributed by atoms with E-state index in [9.17, 15) is 9.18 Å². The van der Waals surface area contributed by atoms with Gasteiger partial charge in [0.2, 0.25) is 0 Å². The van der Waals surface area contributed by atoms with Crippen molar-refractivity contribution in [1.82, 2.24) is 9.91 Å². The number of methoxy groups -OCH3 is 2. The lowest BCUT2D eigenvalue weighted by Gasteiger charge is -2.36. The Labute approximate surface area is 216 Å². The van der Waals surface area contributed by atoms with Crippen LogP contribution in [-0.2, 0) is 4.79 Å². The van der Waals surface area contributed by atoms with Crippen molar-refractivity contribution < 1.29 is 18.7 Å². The van der Waals surface area contributed by atoms with E-state index >= 15 is 0 Å². The number of hydrogen-bond donors (Lipinski definition) is 0. The summed E-state index contributed by atoms with van der Waals surface area (Å²) in [5.74, 6) is 1.27. The van der Waals surface area contributed by atoms with E-state index in [0.717, 1.165) is 28.3 Å². The number of nitrogens with zero attached hydrogens (tertiary/aromatic N) is 4. The number of piperazine rings is 1. The van der Waals surface area contributed by atoms with E-state index in [1.807, 2.05) is 59.5 Å². The lowest BCUT2D eigenvalue weighted by atomic mass is 9.98. The molecule has 1 saturated heterocycles. The zero-order chi connectivity index (χ0) is 25.8. The molecule has 2 aliphatic heterocycles. The van der Waals surface area contributed by atoms with Gasteiger partial charge in [0.05, 0.1) is 38.2 Å². The SMILES string of the molecule is COc1ccc(C2=NN(C(=O)CN3CCN(c4ccccc4F)CC3)[C@@H](c3ccc(OC)cc3)C2)cc1. The summed E-state index contributed by atoms with van der Waals surface area (Å²) in [6, 6.07) is 22.2. The monoisotopic (exact) mass is 502 g/mol. The average molecular weight is 503 g/mol. The topological polar surface area (TPSA) is 57.6 Å². The molecule has 8 heteroatoms. The fourth-order valence-corrected chi connectivity index (χ4v) is 4.90. The van der Waals surface area contributed by atoms with Crippen molar-refractivity contribution in [3.8, 4) is 11.5 Å². The highest BCUT2D eigenvalue weighted by molar-refractivity contribution is 6.03. The molecule has 7 nitrogen and oxygen atoms in total. The number of hydrazone groups is 1. The Balaban J connectivity index is 1.31. The van der Waals surface area contributed by atoms with Crippen LogP contribution >= 0.6 is 0 Å². The van der Waals surface area contributed by atoms with Gasteiger partial charge >= 0.3 is 0 Å². The van der Waals surface area contributed by atoms with Gasteiger partial charge in [-0.15, -0.1) is 0 Å². The van der Waals surface area contributed by atoms with Gasteiger partial charge in [-0.3, -0.25) is 9.69 Å². The first-order valence-electron chi connectivity index (χ1n) is 12.5. The molecular formula is C29H31FN4O3. The van der Waals surface area contributed by atoms with E-state index in [0.29, 0.717) is 38.3 Å². The minimum atomic E-state index is -0.216. The van der Waals surface area contributed by atoms with Crippen LogP contribution in [0.3, 0.4) is 0 Å². The number of amides is 1. The molecule has 2 aliphatic rings. The van der Waals surface area contributed by atoms with E-state index in [1.54, 1.807) is 31.4 Å². The van der Waals surface area contributed by atoms with E-state index < -0.39 is 0 Å². The van der Waals surface area contributed by atoms with Crippen molar-refractivity contribution in [1.29, 1.82) is 0 Å². The molecule has 0 aromatic heterocycles. The molecule has 0 bridgehead atoms. The first kappa shape index (κ1) is 24.8. The third kappa shape index (κ3) is 5.44. The summed E-state index contributed by atoms with van der Waals surface area (Å²) < 4.78 is 24.8. The van der Waals surface area contributed by atoms with Gasteiger partial charge in [0, 0.05) is 32.6 Å². The van der Waals surface area contributed by atoms with Crippen molar-refractivity contribution in [3.05, 3.63) is 89.7 Å². The van der Waals surface area contributed by atoms with Crippen LogP contribution in [-0.4, -0.2) is 68.5 Å². The Kier molecular flexibility index (Phi) is 7.37. The minimum Gasteiger partial charge on any atom is -0.497 e. The van der Waals surface area contributed by atoms with Crippen molar-refractivity contribution in [2.45, 2.75) is 12.5 Å². The average Bonchev–Trinajstić information content (AvgIpc) is 3.40. The van der Waals surface area contributed by atoms with Crippen LogP contribution in [0.2, 0.25) is 0 Å². The molecule has 1 atom stereocenters. The largest absolute Gasteiger partial charge is 0.497 e. The predicted octanol–water partition coefficient (Wildman–Crippen LogP) is 4.34. The minimum absolute atomic E-state index is 0.0522. The van der Waals surface area contributed by atoms with Crippen molar-refractivity contribution >= 4 is 17.3 Å². The Hall–Kier alpha value is -3.91. The van der Waals surface area contributed by atoms with Gasteiger partial charge in [-0.05, 0) is 59.7 Å². The summed E-state index contributed by atoms with van der Waals surface area (Å²) in [5.41, 5.74) is 3.45. The fraction of sp³-hybridized carbons (Fsp3) is 0.310. The number of halogens is 1. The van der Waals surface area contributed by atoms with Crippen LogP contribution in [0.15, 0.2) is 77.9 Å². The summed E-state index contributed by atoms with van der Waals surface area (Å²) in [6.45, 7) is 2.94. The number of anilines is 1. The zero-order valence-corrected chi connectivity index (χ0v) is 21.1. The molecule has 3 aromatic rings. The third-order valence-corrected chi connectivity index (χ3v) is 7.01. The smallest absolute Gasteiger partial charge is 0.257 e. The molecule has 0 aliphatic carbocycles. The summed E-state index contributed by atoms with van der Waals surface area (Å²) >= 11 is 0. The first-order chi connectivity index (χ1) is 18.1. The fourth-order valence-electron chi connectivity index (χ4n) is 4.90. The number of benzene rings is 3. The zero-order valence-electron chi connectivity index (χ0n) is 21.1. The standard InChI is InChI=1S/C29H31FN4O3/c1-36-23-11-7-21(8-12-23)26-19-28(22-9-13-24(37-2)14-10-22)34(31-26)29(35)20-32-15-17-33(18-16-32)27-6-4-3-5-25(27)30/h3-14,28H,15-20H2,1-2H3/t28-/m1/s1. The molecule has 0 saturated carbocycles. The highest BCUT2D eigenvalue weighted by Gasteiger charge is 2.34. The molecule has 0 spiro atoms. The summed E-state index contributed by atoms with van der Waals surface area (Å²) in [7, 11) is 3.27. The van der Waals surface area contributed by atoms with Gasteiger partial charge < -0.3 is 14.4 Å². The Morgan fingerprint density at radius 2 is 1.51 bits per heavy atom. The molecule has 0 unspecified atom stereocenters. The maximum absolute atomic E-state index is 14.2.